The van der Waals surface area contributed by atoms with E-state index in [2.05, 4.69) is 11.2 Å². The summed E-state index contributed by atoms with van der Waals surface area (Å²) in [7, 11) is -0.939. The van der Waals surface area contributed by atoms with Crippen LogP contribution in [0.15, 0.2) is 34.9 Å². The molecular weight excluding hydrogens is 234 g/mol. The van der Waals surface area contributed by atoms with Gasteiger partial charge in [-0.3, -0.25) is 4.21 Å². The molecule has 1 atom stereocenters. The van der Waals surface area contributed by atoms with Crippen LogP contribution < -0.4 is 0 Å². The van der Waals surface area contributed by atoms with Gasteiger partial charge in [0.25, 0.3) is 0 Å². The minimum atomic E-state index is -0.939. The van der Waals surface area contributed by atoms with E-state index in [4.69, 9.17) is 4.52 Å². The van der Waals surface area contributed by atoms with Crippen LogP contribution in [0.25, 0.3) is 0 Å². The number of aromatic nitrogens is 1. The summed E-state index contributed by atoms with van der Waals surface area (Å²) in [4.78, 5) is 0. The zero-order chi connectivity index (χ0) is 12.3. The maximum Gasteiger partial charge on any atom is 0.133 e. The molecule has 0 radical (unpaired) electrons. The van der Waals surface area contributed by atoms with Crippen LogP contribution >= 0.6 is 0 Å². The number of rotatable bonds is 4. The second-order valence-corrected chi connectivity index (χ2v) is 5.60. The van der Waals surface area contributed by atoms with E-state index < -0.39 is 10.8 Å². The molecule has 1 aromatic carbocycles. The standard InChI is InChI=1S/C13H15NO2S/c1-10-4-3-5-12(6-10)8-17(15)9-13-7-11(2)16-14-13/h3-7H,8-9H2,1-2H3. The Bertz CT molecular complexity index is 534. The Morgan fingerprint density at radius 1 is 1.24 bits per heavy atom. The van der Waals surface area contributed by atoms with Crippen LogP contribution in [-0.4, -0.2) is 9.37 Å². The molecule has 0 spiro atoms. The van der Waals surface area contributed by atoms with Gasteiger partial charge in [0.1, 0.15) is 5.76 Å². The molecule has 1 heterocycles. The lowest BCUT2D eigenvalue weighted by Crippen LogP contribution is -1.99. The van der Waals surface area contributed by atoms with Gasteiger partial charge in [-0.25, -0.2) is 0 Å². The largest absolute Gasteiger partial charge is 0.361 e. The Kier molecular flexibility index (Phi) is 3.74. The van der Waals surface area contributed by atoms with E-state index in [1.807, 2.05) is 38.1 Å². The number of hydrogen-bond donors (Lipinski definition) is 0. The zero-order valence-corrected chi connectivity index (χ0v) is 10.8. The summed E-state index contributed by atoms with van der Waals surface area (Å²) >= 11 is 0. The van der Waals surface area contributed by atoms with Crippen molar-refractivity contribution < 1.29 is 8.73 Å². The zero-order valence-electron chi connectivity index (χ0n) is 9.97. The van der Waals surface area contributed by atoms with Crippen molar-refractivity contribution in [3.8, 4) is 0 Å². The maximum atomic E-state index is 11.9. The van der Waals surface area contributed by atoms with Gasteiger partial charge in [-0.15, -0.1) is 0 Å². The van der Waals surface area contributed by atoms with Crippen LogP contribution in [0.1, 0.15) is 22.6 Å². The molecule has 0 aliphatic carbocycles. The molecule has 3 nitrogen and oxygen atoms in total. The second-order valence-electron chi connectivity index (χ2n) is 4.15. The van der Waals surface area contributed by atoms with Crippen LogP contribution in [0.4, 0.5) is 0 Å². The molecule has 0 aliphatic rings. The van der Waals surface area contributed by atoms with Crippen molar-refractivity contribution in [1.82, 2.24) is 5.16 Å². The molecule has 0 aliphatic heterocycles. The topological polar surface area (TPSA) is 43.1 Å². The molecule has 1 unspecified atom stereocenters. The summed E-state index contributed by atoms with van der Waals surface area (Å²) in [5, 5.41) is 3.85. The highest BCUT2D eigenvalue weighted by Crippen LogP contribution is 2.10. The summed E-state index contributed by atoms with van der Waals surface area (Å²) in [5.41, 5.74) is 3.05. The molecule has 90 valence electrons. The van der Waals surface area contributed by atoms with Crippen molar-refractivity contribution >= 4 is 10.8 Å². The lowest BCUT2D eigenvalue weighted by atomic mass is 10.2. The third kappa shape index (κ3) is 3.53. The van der Waals surface area contributed by atoms with Crippen molar-refractivity contribution in [1.29, 1.82) is 0 Å². The van der Waals surface area contributed by atoms with E-state index >= 15 is 0 Å². The highest BCUT2D eigenvalue weighted by Gasteiger charge is 2.07. The molecule has 0 saturated heterocycles. The van der Waals surface area contributed by atoms with Gasteiger partial charge in [-0.05, 0) is 19.4 Å². The Labute approximate surface area is 103 Å². The first-order valence-corrected chi connectivity index (χ1v) is 6.95. The molecular formula is C13H15NO2S. The fourth-order valence-electron chi connectivity index (χ4n) is 1.69. The third-order valence-electron chi connectivity index (χ3n) is 2.40. The van der Waals surface area contributed by atoms with Gasteiger partial charge in [0, 0.05) is 22.6 Å². The van der Waals surface area contributed by atoms with Crippen molar-refractivity contribution in [2.24, 2.45) is 0 Å². The van der Waals surface area contributed by atoms with Crippen LogP contribution in [-0.2, 0) is 22.3 Å². The highest BCUT2D eigenvalue weighted by atomic mass is 32.2. The summed E-state index contributed by atoms with van der Waals surface area (Å²) in [6.07, 6.45) is 0. The normalized spacial score (nSPS) is 12.6. The predicted molar refractivity (Wildman–Crippen MR) is 68.0 cm³/mol. The van der Waals surface area contributed by atoms with Crippen LogP contribution in [0.3, 0.4) is 0 Å². The molecule has 0 amide bonds. The average molecular weight is 249 g/mol. The quantitative estimate of drug-likeness (QED) is 0.836. The van der Waals surface area contributed by atoms with Gasteiger partial charge >= 0.3 is 0 Å². The molecule has 0 bridgehead atoms. The van der Waals surface area contributed by atoms with E-state index in [1.165, 1.54) is 5.56 Å². The van der Waals surface area contributed by atoms with Crippen molar-refractivity contribution in [3.05, 3.63) is 52.9 Å². The van der Waals surface area contributed by atoms with Crippen molar-refractivity contribution in [3.63, 3.8) is 0 Å². The summed E-state index contributed by atoms with van der Waals surface area (Å²) in [6, 6.07) is 9.91. The van der Waals surface area contributed by atoms with Crippen LogP contribution in [0, 0.1) is 13.8 Å². The number of aryl methyl sites for hydroxylation is 2. The first-order chi connectivity index (χ1) is 8.13. The Balaban J connectivity index is 1.98. The maximum absolute atomic E-state index is 11.9. The second kappa shape index (κ2) is 5.27. The molecule has 0 fully saturated rings. The molecule has 1 aromatic heterocycles. The third-order valence-corrected chi connectivity index (χ3v) is 3.67. The first-order valence-electron chi connectivity index (χ1n) is 5.46. The summed E-state index contributed by atoms with van der Waals surface area (Å²) in [5.74, 6) is 1.77. The van der Waals surface area contributed by atoms with Crippen LogP contribution in [0.5, 0.6) is 0 Å². The number of benzene rings is 1. The van der Waals surface area contributed by atoms with Gasteiger partial charge in [-0.1, -0.05) is 35.0 Å². The van der Waals surface area contributed by atoms with E-state index in [-0.39, 0.29) is 0 Å². The minimum absolute atomic E-state index is 0.450. The van der Waals surface area contributed by atoms with E-state index in [1.54, 1.807) is 0 Å². The highest BCUT2D eigenvalue weighted by molar-refractivity contribution is 7.83. The Morgan fingerprint density at radius 3 is 2.71 bits per heavy atom. The van der Waals surface area contributed by atoms with Gasteiger partial charge < -0.3 is 4.52 Å². The summed E-state index contributed by atoms with van der Waals surface area (Å²) in [6.45, 7) is 3.87. The van der Waals surface area contributed by atoms with Gasteiger partial charge in [0.05, 0.1) is 11.4 Å². The average Bonchev–Trinajstić information content (AvgIpc) is 2.63. The molecule has 2 rings (SSSR count). The predicted octanol–water partition coefficient (Wildman–Crippen LogP) is 2.74. The lowest BCUT2D eigenvalue weighted by molar-refractivity contribution is 0.392. The molecule has 17 heavy (non-hydrogen) atoms. The number of nitrogens with zero attached hydrogens (tertiary/aromatic N) is 1. The van der Waals surface area contributed by atoms with Gasteiger partial charge in [0.2, 0.25) is 0 Å². The fourth-order valence-corrected chi connectivity index (χ4v) is 2.81. The molecule has 2 aromatic rings. The first kappa shape index (κ1) is 12.0. The Morgan fingerprint density at radius 2 is 2.06 bits per heavy atom. The van der Waals surface area contributed by atoms with Gasteiger partial charge in [-0.2, -0.15) is 0 Å². The lowest BCUT2D eigenvalue weighted by Gasteiger charge is -2.01. The van der Waals surface area contributed by atoms with E-state index in [9.17, 15) is 4.21 Å². The molecule has 0 saturated carbocycles. The SMILES string of the molecule is Cc1cccc(CS(=O)Cc2cc(C)on2)c1. The van der Waals surface area contributed by atoms with Crippen molar-refractivity contribution in [2.45, 2.75) is 25.4 Å². The monoisotopic (exact) mass is 249 g/mol. The fraction of sp³-hybridized carbons (Fsp3) is 0.308. The molecule has 0 N–H and O–H groups in total. The van der Waals surface area contributed by atoms with Crippen molar-refractivity contribution in [2.75, 3.05) is 0 Å². The smallest absolute Gasteiger partial charge is 0.133 e. The Hall–Kier alpha value is -1.42. The van der Waals surface area contributed by atoms with Crippen LogP contribution in [0.2, 0.25) is 0 Å². The minimum Gasteiger partial charge on any atom is -0.361 e. The van der Waals surface area contributed by atoms with Gasteiger partial charge in [0.15, 0.2) is 0 Å². The molecule has 4 heteroatoms. The number of hydrogen-bond acceptors (Lipinski definition) is 3. The van der Waals surface area contributed by atoms with E-state index in [0.29, 0.717) is 11.5 Å². The van der Waals surface area contributed by atoms with E-state index in [0.717, 1.165) is 17.0 Å². The summed E-state index contributed by atoms with van der Waals surface area (Å²) < 4.78 is 16.9.